The Balaban J connectivity index is 1.67. The molecule has 0 saturated carbocycles. The van der Waals surface area contributed by atoms with Gasteiger partial charge in [-0.1, -0.05) is 24.0 Å². The molecule has 0 bridgehead atoms. The number of rotatable bonds is 4. The summed E-state index contributed by atoms with van der Waals surface area (Å²) in [5.41, 5.74) is 0.523. The van der Waals surface area contributed by atoms with Gasteiger partial charge in [-0.25, -0.2) is 0 Å². The molecule has 0 radical (unpaired) electrons. The second-order valence-corrected chi connectivity index (χ2v) is 6.99. The van der Waals surface area contributed by atoms with Crippen LogP contribution in [-0.4, -0.2) is 32.7 Å². The summed E-state index contributed by atoms with van der Waals surface area (Å²) in [5.74, 6) is 0.705. The van der Waals surface area contributed by atoms with Crippen LogP contribution in [0.1, 0.15) is 11.5 Å². The maximum absolute atomic E-state index is 12.5. The predicted molar refractivity (Wildman–Crippen MR) is 100 cm³/mol. The summed E-state index contributed by atoms with van der Waals surface area (Å²) in [5, 5.41) is 11.9. The second-order valence-electron chi connectivity index (χ2n) is 5.31. The third-order valence-corrected chi connectivity index (χ3v) is 4.74. The molecule has 2 heterocycles. The Kier molecular flexibility index (Phi) is 4.91. The number of thioether (sulfide) groups is 1. The van der Waals surface area contributed by atoms with Crippen molar-refractivity contribution in [1.82, 2.24) is 4.90 Å². The van der Waals surface area contributed by atoms with Crippen LogP contribution in [0, 0.1) is 6.92 Å². The number of nitrogens with zero attached hydrogens (tertiary/aromatic N) is 1. The minimum Gasteiger partial charge on any atom is -0.508 e. The van der Waals surface area contributed by atoms with Gasteiger partial charge in [-0.05, 0) is 43.3 Å². The van der Waals surface area contributed by atoms with Crippen molar-refractivity contribution in [3.63, 3.8) is 0 Å². The Hall–Kier alpha value is -2.58. The van der Waals surface area contributed by atoms with E-state index in [4.69, 9.17) is 16.6 Å². The lowest BCUT2D eigenvalue weighted by Gasteiger charge is -2.14. The van der Waals surface area contributed by atoms with E-state index in [0.717, 1.165) is 17.5 Å². The van der Waals surface area contributed by atoms with Gasteiger partial charge in [-0.3, -0.25) is 14.5 Å². The van der Waals surface area contributed by atoms with E-state index in [-0.39, 0.29) is 24.1 Å². The lowest BCUT2D eigenvalue weighted by atomic mass is 10.3. The van der Waals surface area contributed by atoms with Crippen molar-refractivity contribution in [2.75, 3.05) is 11.9 Å². The maximum atomic E-state index is 12.5. The number of nitrogens with one attached hydrogen (secondary N) is 1. The number of furan rings is 1. The standard InChI is InChI=1S/C17H14N2O4S2/c1-10-2-7-13(23-10)8-14-16(22)19(17(24)25-14)9-15(21)18-11-3-5-12(20)6-4-11/h2-8,20H,9H2,1H3,(H,18,21)/b14-8-. The van der Waals surface area contributed by atoms with Crippen LogP contribution in [0.25, 0.3) is 6.08 Å². The van der Waals surface area contributed by atoms with Crippen LogP contribution in [0.2, 0.25) is 0 Å². The van der Waals surface area contributed by atoms with Crippen LogP contribution in [-0.2, 0) is 9.59 Å². The molecule has 8 heteroatoms. The van der Waals surface area contributed by atoms with Gasteiger partial charge in [0.15, 0.2) is 0 Å². The van der Waals surface area contributed by atoms with Gasteiger partial charge in [-0.15, -0.1) is 0 Å². The first-order chi connectivity index (χ1) is 11.9. The van der Waals surface area contributed by atoms with Crippen LogP contribution < -0.4 is 5.32 Å². The van der Waals surface area contributed by atoms with E-state index >= 15 is 0 Å². The summed E-state index contributed by atoms with van der Waals surface area (Å²) in [6.45, 7) is 1.64. The molecule has 2 amide bonds. The molecule has 1 saturated heterocycles. The van der Waals surface area contributed by atoms with E-state index in [0.29, 0.717) is 20.7 Å². The lowest BCUT2D eigenvalue weighted by Crippen LogP contribution is -2.36. The number of aromatic hydroxyl groups is 1. The van der Waals surface area contributed by atoms with E-state index < -0.39 is 0 Å². The molecule has 25 heavy (non-hydrogen) atoms. The molecule has 0 spiro atoms. The van der Waals surface area contributed by atoms with Crippen molar-refractivity contribution >= 4 is 51.9 Å². The number of amides is 2. The van der Waals surface area contributed by atoms with Crippen LogP contribution in [0.15, 0.2) is 45.7 Å². The number of phenolic OH excluding ortho intramolecular Hbond substituents is 1. The van der Waals surface area contributed by atoms with Crippen molar-refractivity contribution in [2.24, 2.45) is 0 Å². The van der Waals surface area contributed by atoms with Crippen LogP contribution in [0.3, 0.4) is 0 Å². The fourth-order valence-corrected chi connectivity index (χ4v) is 3.42. The van der Waals surface area contributed by atoms with Crippen molar-refractivity contribution in [1.29, 1.82) is 0 Å². The number of anilines is 1. The molecule has 1 aromatic heterocycles. The predicted octanol–water partition coefficient (Wildman–Crippen LogP) is 3.13. The quantitative estimate of drug-likeness (QED) is 0.486. The molecule has 2 aromatic rings. The van der Waals surface area contributed by atoms with Crippen molar-refractivity contribution in [2.45, 2.75) is 6.92 Å². The van der Waals surface area contributed by atoms with Crippen molar-refractivity contribution in [3.8, 4) is 5.75 Å². The summed E-state index contributed by atoms with van der Waals surface area (Å²) < 4.78 is 5.75. The first kappa shape index (κ1) is 17.2. The fraction of sp³-hybridized carbons (Fsp3) is 0.118. The Morgan fingerprint density at radius 1 is 1.32 bits per heavy atom. The van der Waals surface area contributed by atoms with Crippen LogP contribution in [0.4, 0.5) is 5.69 Å². The highest BCUT2D eigenvalue weighted by Crippen LogP contribution is 2.32. The monoisotopic (exact) mass is 374 g/mol. The van der Waals surface area contributed by atoms with Crippen molar-refractivity contribution in [3.05, 3.63) is 52.8 Å². The van der Waals surface area contributed by atoms with Gasteiger partial charge in [0.25, 0.3) is 5.91 Å². The molecule has 3 rings (SSSR count). The third kappa shape index (κ3) is 4.09. The van der Waals surface area contributed by atoms with Gasteiger partial charge in [-0.2, -0.15) is 0 Å². The summed E-state index contributed by atoms with van der Waals surface area (Å²) >= 11 is 6.33. The molecule has 0 unspecified atom stereocenters. The van der Waals surface area contributed by atoms with E-state index in [1.165, 1.54) is 17.0 Å². The normalized spacial score (nSPS) is 15.9. The number of hydrogen-bond donors (Lipinski definition) is 2. The van der Waals surface area contributed by atoms with Crippen molar-refractivity contribution < 1.29 is 19.1 Å². The average Bonchev–Trinajstić information content (AvgIpc) is 3.08. The van der Waals surface area contributed by atoms with E-state index in [9.17, 15) is 14.7 Å². The number of phenols is 1. The minimum absolute atomic E-state index is 0.105. The molecular weight excluding hydrogens is 360 g/mol. The second kappa shape index (κ2) is 7.12. The number of hydrogen-bond acceptors (Lipinski definition) is 6. The van der Waals surface area contributed by atoms with Crippen LogP contribution in [0.5, 0.6) is 5.75 Å². The smallest absolute Gasteiger partial charge is 0.266 e. The Morgan fingerprint density at radius 3 is 2.68 bits per heavy atom. The lowest BCUT2D eigenvalue weighted by molar-refractivity contribution is -0.126. The van der Waals surface area contributed by atoms with E-state index in [1.807, 2.05) is 6.92 Å². The van der Waals surface area contributed by atoms with Gasteiger partial charge in [0.2, 0.25) is 5.91 Å². The Bertz CT molecular complexity index is 871. The zero-order chi connectivity index (χ0) is 18.0. The molecule has 2 N–H and O–H groups in total. The molecule has 1 aliphatic rings. The minimum atomic E-state index is -0.378. The Labute approximate surface area is 153 Å². The zero-order valence-electron chi connectivity index (χ0n) is 13.2. The number of benzene rings is 1. The molecule has 1 aromatic carbocycles. The maximum Gasteiger partial charge on any atom is 0.266 e. The molecule has 0 atom stereocenters. The molecule has 0 aliphatic carbocycles. The number of thiocarbonyl (C=S) groups is 1. The summed E-state index contributed by atoms with van der Waals surface area (Å²) in [6.07, 6.45) is 1.62. The van der Waals surface area contributed by atoms with Gasteiger partial charge < -0.3 is 14.8 Å². The topological polar surface area (TPSA) is 82.8 Å². The first-order valence-corrected chi connectivity index (χ1v) is 8.55. The molecule has 6 nitrogen and oxygen atoms in total. The highest BCUT2D eigenvalue weighted by Gasteiger charge is 2.33. The SMILES string of the molecule is Cc1ccc(/C=C2\SC(=S)N(CC(=O)Nc3ccc(O)cc3)C2=O)o1. The van der Waals surface area contributed by atoms with Crippen LogP contribution >= 0.6 is 24.0 Å². The van der Waals surface area contributed by atoms with Gasteiger partial charge in [0, 0.05) is 11.8 Å². The largest absolute Gasteiger partial charge is 0.508 e. The average molecular weight is 374 g/mol. The van der Waals surface area contributed by atoms with E-state index in [1.54, 1.807) is 30.3 Å². The molecule has 1 aliphatic heterocycles. The first-order valence-electron chi connectivity index (χ1n) is 7.33. The fourth-order valence-electron chi connectivity index (χ4n) is 2.19. The Morgan fingerprint density at radius 2 is 2.04 bits per heavy atom. The molecule has 1 fully saturated rings. The summed E-state index contributed by atoms with van der Waals surface area (Å²) in [4.78, 5) is 26.3. The van der Waals surface area contributed by atoms with Gasteiger partial charge in [0.05, 0.1) is 4.91 Å². The zero-order valence-corrected chi connectivity index (χ0v) is 14.8. The summed E-state index contributed by atoms with van der Waals surface area (Å²) in [7, 11) is 0. The highest BCUT2D eigenvalue weighted by atomic mass is 32.2. The number of aryl methyl sites for hydroxylation is 1. The van der Waals surface area contributed by atoms with E-state index in [2.05, 4.69) is 5.32 Å². The van der Waals surface area contributed by atoms with Gasteiger partial charge in [0.1, 0.15) is 28.1 Å². The third-order valence-electron chi connectivity index (χ3n) is 3.36. The number of carbonyl (C=O) groups excluding carboxylic acids is 2. The molecule has 128 valence electrons. The molecular formula is C17H14N2O4S2. The highest BCUT2D eigenvalue weighted by molar-refractivity contribution is 8.26. The summed E-state index contributed by atoms with van der Waals surface area (Å²) in [6, 6.07) is 9.62. The number of carbonyl (C=O) groups is 2. The van der Waals surface area contributed by atoms with Gasteiger partial charge >= 0.3 is 0 Å².